The smallest absolute Gasteiger partial charge is 0.341 e. The first-order valence-electron chi connectivity index (χ1n) is 6.39. The highest BCUT2D eigenvalue weighted by Crippen LogP contribution is 2.15. The van der Waals surface area contributed by atoms with Gasteiger partial charge < -0.3 is 9.67 Å². The summed E-state index contributed by atoms with van der Waals surface area (Å²) in [6.07, 6.45) is 1.42. The molecule has 2 rings (SSSR count). The molecule has 0 aliphatic rings. The summed E-state index contributed by atoms with van der Waals surface area (Å²) in [6, 6.07) is 7.42. The van der Waals surface area contributed by atoms with Crippen LogP contribution in [0.5, 0.6) is 0 Å². The van der Waals surface area contributed by atoms with Crippen LogP contribution < -0.4 is 5.43 Å². The fourth-order valence-corrected chi connectivity index (χ4v) is 2.27. The molecule has 104 valence electrons. The number of aromatic nitrogens is 1. The standard InChI is InChI=1S/C16H17NO3/c1-10-5-4-6-11(2)13(10)8-17-9-14(16(19)20)15(18)7-12(17)3/h4-7,9H,8H2,1-3H3,(H,19,20). The summed E-state index contributed by atoms with van der Waals surface area (Å²) in [5.41, 5.74) is 3.56. The lowest BCUT2D eigenvalue weighted by Gasteiger charge is -2.15. The van der Waals surface area contributed by atoms with E-state index in [0.29, 0.717) is 6.54 Å². The van der Waals surface area contributed by atoms with E-state index >= 15 is 0 Å². The highest BCUT2D eigenvalue weighted by Gasteiger charge is 2.12. The van der Waals surface area contributed by atoms with Gasteiger partial charge in [-0.05, 0) is 37.5 Å². The van der Waals surface area contributed by atoms with Gasteiger partial charge in [-0.25, -0.2) is 4.79 Å². The van der Waals surface area contributed by atoms with Gasteiger partial charge in [0.2, 0.25) is 0 Å². The molecule has 1 aromatic carbocycles. The summed E-state index contributed by atoms with van der Waals surface area (Å²) in [5.74, 6) is -1.19. The SMILES string of the molecule is Cc1cccc(C)c1Cn1cc(C(=O)O)c(=O)cc1C. The third-order valence-electron chi connectivity index (χ3n) is 3.55. The van der Waals surface area contributed by atoms with Crippen molar-refractivity contribution >= 4 is 5.97 Å². The number of hydrogen-bond donors (Lipinski definition) is 1. The van der Waals surface area contributed by atoms with Gasteiger partial charge in [-0.2, -0.15) is 0 Å². The molecule has 0 saturated heterocycles. The maximum Gasteiger partial charge on any atom is 0.341 e. The minimum atomic E-state index is -1.19. The minimum Gasteiger partial charge on any atom is -0.477 e. The molecule has 0 spiro atoms. The first-order chi connectivity index (χ1) is 9.40. The van der Waals surface area contributed by atoms with Gasteiger partial charge in [-0.1, -0.05) is 18.2 Å². The number of carbonyl (C=O) groups is 1. The van der Waals surface area contributed by atoms with E-state index in [-0.39, 0.29) is 5.56 Å². The van der Waals surface area contributed by atoms with Crippen molar-refractivity contribution in [3.05, 3.63) is 68.6 Å². The van der Waals surface area contributed by atoms with Gasteiger partial charge in [-0.3, -0.25) is 4.79 Å². The number of carboxylic acids is 1. The van der Waals surface area contributed by atoms with Gasteiger partial charge >= 0.3 is 5.97 Å². The molecular formula is C16H17NO3. The Hall–Kier alpha value is -2.36. The number of benzene rings is 1. The molecule has 1 heterocycles. The Morgan fingerprint density at radius 1 is 1.20 bits per heavy atom. The molecule has 0 amide bonds. The number of rotatable bonds is 3. The topological polar surface area (TPSA) is 59.3 Å². The summed E-state index contributed by atoms with van der Waals surface area (Å²) in [7, 11) is 0. The van der Waals surface area contributed by atoms with E-state index in [1.165, 1.54) is 12.3 Å². The second-order valence-electron chi connectivity index (χ2n) is 5.00. The minimum absolute atomic E-state index is 0.193. The van der Waals surface area contributed by atoms with Gasteiger partial charge in [0, 0.05) is 24.5 Å². The third kappa shape index (κ3) is 2.64. The summed E-state index contributed by atoms with van der Waals surface area (Å²) < 4.78 is 1.81. The lowest BCUT2D eigenvalue weighted by molar-refractivity contribution is 0.0694. The van der Waals surface area contributed by atoms with E-state index in [9.17, 15) is 9.59 Å². The van der Waals surface area contributed by atoms with Crippen molar-refractivity contribution in [1.29, 1.82) is 0 Å². The van der Waals surface area contributed by atoms with Gasteiger partial charge in [0.25, 0.3) is 0 Å². The molecule has 0 aliphatic heterocycles. The number of hydrogen-bond acceptors (Lipinski definition) is 2. The highest BCUT2D eigenvalue weighted by atomic mass is 16.4. The zero-order valence-corrected chi connectivity index (χ0v) is 11.8. The summed E-state index contributed by atoms with van der Waals surface area (Å²) >= 11 is 0. The lowest BCUT2D eigenvalue weighted by Crippen LogP contribution is -2.19. The van der Waals surface area contributed by atoms with Crippen LogP contribution in [0.3, 0.4) is 0 Å². The Kier molecular flexibility index (Phi) is 3.74. The molecule has 20 heavy (non-hydrogen) atoms. The Balaban J connectivity index is 2.51. The average molecular weight is 271 g/mol. The van der Waals surface area contributed by atoms with E-state index in [4.69, 9.17) is 5.11 Å². The van der Waals surface area contributed by atoms with Crippen LogP contribution in [0.25, 0.3) is 0 Å². The van der Waals surface area contributed by atoms with Gasteiger partial charge in [0.1, 0.15) is 5.56 Å². The number of aromatic carboxylic acids is 1. The normalized spacial score (nSPS) is 10.6. The third-order valence-corrected chi connectivity index (χ3v) is 3.55. The van der Waals surface area contributed by atoms with Crippen molar-refractivity contribution in [2.45, 2.75) is 27.3 Å². The molecule has 1 aromatic heterocycles. The summed E-state index contributed by atoms with van der Waals surface area (Å²) in [4.78, 5) is 22.7. The molecular weight excluding hydrogens is 254 g/mol. The van der Waals surface area contributed by atoms with Crippen LogP contribution in [0.4, 0.5) is 0 Å². The van der Waals surface area contributed by atoms with Crippen molar-refractivity contribution in [2.24, 2.45) is 0 Å². The van der Waals surface area contributed by atoms with Crippen LogP contribution in [-0.4, -0.2) is 15.6 Å². The Morgan fingerprint density at radius 2 is 1.80 bits per heavy atom. The maximum atomic E-state index is 11.6. The van der Waals surface area contributed by atoms with E-state index in [0.717, 1.165) is 22.4 Å². The molecule has 0 bridgehead atoms. The molecule has 0 saturated carbocycles. The second kappa shape index (κ2) is 5.33. The predicted octanol–water partition coefficient (Wildman–Crippen LogP) is 2.52. The number of nitrogens with zero attached hydrogens (tertiary/aromatic N) is 1. The van der Waals surface area contributed by atoms with Gasteiger partial charge in [0.15, 0.2) is 5.43 Å². The Bertz CT molecular complexity index is 709. The molecule has 1 N–H and O–H groups in total. The summed E-state index contributed by atoms with van der Waals surface area (Å²) in [5, 5.41) is 9.04. The fraction of sp³-hybridized carbons (Fsp3) is 0.250. The molecule has 4 nitrogen and oxygen atoms in total. The van der Waals surface area contributed by atoms with Crippen LogP contribution in [0.15, 0.2) is 35.3 Å². The average Bonchev–Trinajstić information content (AvgIpc) is 2.35. The van der Waals surface area contributed by atoms with E-state index < -0.39 is 11.4 Å². The van der Waals surface area contributed by atoms with Crippen molar-refractivity contribution in [1.82, 2.24) is 4.57 Å². The first-order valence-corrected chi connectivity index (χ1v) is 6.39. The van der Waals surface area contributed by atoms with E-state index in [2.05, 4.69) is 0 Å². The number of pyridine rings is 1. The van der Waals surface area contributed by atoms with Crippen LogP contribution in [0.1, 0.15) is 32.7 Å². The van der Waals surface area contributed by atoms with Crippen molar-refractivity contribution < 1.29 is 9.90 Å². The van der Waals surface area contributed by atoms with Crippen molar-refractivity contribution in [3.8, 4) is 0 Å². The Labute approximate surface area is 117 Å². The van der Waals surface area contributed by atoms with Crippen LogP contribution in [-0.2, 0) is 6.54 Å². The lowest BCUT2D eigenvalue weighted by atomic mass is 10.0. The first kappa shape index (κ1) is 14.1. The largest absolute Gasteiger partial charge is 0.477 e. The molecule has 0 aliphatic carbocycles. The van der Waals surface area contributed by atoms with Crippen molar-refractivity contribution in [2.75, 3.05) is 0 Å². The van der Waals surface area contributed by atoms with Gasteiger partial charge in [0.05, 0.1) is 0 Å². The highest BCUT2D eigenvalue weighted by molar-refractivity contribution is 5.87. The predicted molar refractivity (Wildman–Crippen MR) is 77.4 cm³/mol. The fourth-order valence-electron chi connectivity index (χ4n) is 2.27. The number of carboxylic acid groups (broad SMARTS) is 1. The number of aryl methyl sites for hydroxylation is 3. The van der Waals surface area contributed by atoms with Crippen molar-refractivity contribution in [3.63, 3.8) is 0 Å². The Morgan fingerprint density at radius 3 is 2.35 bits per heavy atom. The quantitative estimate of drug-likeness (QED) is 0.933. The monoisotopic (exact) mass is 271 g/mol. The molecule has 0 unspecified atom stereocenters. The molecule has 2 aromatic rings. The zero-order valence-electron chi connectivity index (χ0n) is 11.8. The zero-order chi connectivity index (χ0) is 14.9. The van der Waals surface area contributed by atoms with E-state index in [1.54, 1.807) is 11.5 Å². The van der Waals surface area contributed by atoms with Crippen LogP contribution in [0, 0.1) is 20.8 Å². The van der Waals surface area contributed by atoms with Crippen LogP contribution in [0.2, 0.25) is 0 Å². The molecule has 0 radical (unpaired) electrons. The summed E-state index contributed by atoms with van der Waals surface area (Å²) in [6.45, 7) is 6.42. The molecule has 4 heteroatoms. The molecule has 0 atom stereocenters. The second-order valence-corrected chi connectivity index (χ2v) is 5.00. The van der Waals surface area contributed by atoms with Gasteiger partial charge in [-0.15, -0.1) is 0 Å². The molecule has 0 fully saturated rings. The maximum absolute atomic E-state index is 11.6. The van der Waals surface area contributed by atoms with Crippen LogP contribution >= 0.6 is 0 Å². The van der Waals surface area contributed by atoms with E-state index in [1.807, 2.05) is 32.0 Å².